The number of hydrogen-bond donors (Lipinski definition) is 1. The number of halogens is 1. The van der Waals surface area contributed by atoms with Gasteiger partial charge in [0.2, 0.25) is 0 Å². The maximum Gasteiger partial charge on any atom is 0.337 e. The zero-order chi connectivity index (χ0) is 10.1. The molecule has 4 heteroatoms. The first-order valence-electron chi connectivity index (χ1n) is 3.91. The smallest absolute Gasteiger partial charge is 0.337 e. The maximum atomic E-state index is 11.2. The second-order valence-electron chi connectivity index (χ2n) is 3.12. The Hall–Kier alpha value is -0.800. The molecule has 0 aromatic rings. The fourth-order valence-electron chi connectivity index (χ4n) is 1.28. The largest absolute Gasteiger partial charge is 0.465 e. The highest BCUT2D eigenvalue weighted by Gasteiger charge is 2.25. The van der Waals surface area contributed by atoms with E-state index in [1.54, 1.807) is 12.2 Å². The topological polar surface area (TPSA) is 52.3 Å². The van der Waals surface area contributed by atoms with E-state index in [1.807, 2.05) is 6.92 Å². The van der Waals surface area contributed by atoms with Crippen LogP contribution in [0.2, 0.25) is 0 Å². The zero-order valence-electron chi connectivity index (χ0n) is 7.63. The van der Waals surface area contributed by atoms with E-state index in [1.165, 1.54) is 7.11 Å². The quantitative estimate of drug-likeness (QED) is 0.396. The van der Waals surface area contributed by atoms with Crippen LogP contribution < -0.4 is 5.73 Å². The summed E-state index contributed by atoms with van der Waals surface area (Å²) in [6.07, 6.45) is 3.68. The lowest BCUT2D eigenvalue weighted by Crippen LogP contribution is -2.33. The lowest BCUT2D eigenvalue weighted by Gasteiger charge is -2.23. The number of ether oxygens (including phenoxy) is 1. The fourth-order valence-corrected chi connectivity index (χ4v) is 1.54. The van der Waals surface area contributed by atoms with Crippen LogP contribution in [0.5, 0.6) is 0 Å². The number of carbonyl (C=O) groups is 1. The third kappa shape index (κ3) is 2.32. The van der Waals surface area contributed by atoms with Gasteiger partial charge in [0.15, 0.2) is 0 Å². The fraction of sp³-hybridized carbons (Fsp3) is 0.444. The van der Waals surface area contributed by atoms with Crippen molar-refractivity contribution < 1.29 is 9.53 Å². The van der Waals surface area contributed by atoms with E-state index in [0.717, 1.165) is 5.57 Å². The molecule has 1 aliphatic carbocycles. The molecule has 0 saturated carbocycles. The first-order chi connectivity index (χ1) is 5.96. The summed E-state index contributed by atoms with van der Waals surface area (Å²) in [7, 11) is 1.35. The minimum atomic E-state index is -0.860. The number of nitrogens with two attached hydrogens (primary N) is 1. The second kappa shape index (κ2) is 3.52. The molecule has 0 spiro atoms. The predicted molar refractivity (Wildman–Crippen MR) is 51.2 cm³/mol. The molecule has 0 heterocycles. The summed E-state index contributed by atoms with van der Waals surface area (Å²) < 4.78 is 4.60. The van der Waals surface area contributed by atoms with Gasteiger partial charge in [-0.3, -0.25) is 0 Å². The third-order valence-corrected chi connectivity index (χ3v) is 2.19. The van der Waals surface area contributed by atoms with Crippen LogP contribution >= 0.6 is 11.6 Å². The van der Waals surface area contributed by atoms with Crippen LogP contribution in [0.4, 0.5) is 0 Å². The van der Waals surface area contributed by atoms with Gasteiger partial charge in [-0.2, -0.15) is 0 Å². The molecule has 1 atom stereocenters. The first kappa shape index (κ1) is 10.3. The van der Waals surface area contributed by atoms with Gasteiger partial charge in [-0.05, 0) is 19.1 Å². The van der Waals surface area contributed by atoms with Crippen LogP contribution in [0.15, 0.2) is 23.3 Å². The molecule has 3 nitrogen and oxygen atoms in total. The molecule has 1 aliphatic rings. The number of alkyl halides is 1. The summed E-state index contributed by atoms with van der Waals surface area (Å²) in [4.78, 5) is 10.3. The Morgan fingerprint density at radius 2 is 2.38 bits per heavy atom. The van der Waals surface area contributed by atoms with E-state index in [2.05, 4.69) is 4.74 Å². The molecule has 1 unspecified atom stereocenters. The summed E-state index contributed by atoms with van der Waals surface area (Å²) >= 11 is 5.88. The van der Waals surface area contributed by atoms with Gasteiger partial charge in [-0.1, -0.05) is 17.2 Å². The molecule has 0 aromatic heterocycles. The van der Waals surface area contributed by atoms with E-state index in [4.69, 9.17) is 17.3 Å². The molecule has 0 bridgehead atoms. The molecule has 0 amide bonds. The number of methoxy groups -OCH3 is 1. The molecule has 1 rings (SSSR count). The molecular weight excluding hydrogens is 190 g/mol. The standard InChI is InChI=1S/C9H12ClNO2/c1-6-5-9(10,11)4-3-7(6)8(12)13-2/h3-4H,5,11H2,1-2H3. The number of rotatable bonds is 1. The molecule has 0 radical (unpaired) electrons. The predicted octanol–water partition coefficient (Wildman–Crippen LogP) is 1.33. The summed E-state index contributed by atoms with van der Waals surface area (Å²) in [6.45, 7) is 1.82. The van der Waals surface area contributed by atoms with Crippen LogP contribution in [0.3, 0.4) is 0 Å². The Morgan fingerprint density at radius 1 is 1.77 bits per heavy atom. The number of hydrogen-bond acceptors (Lipinski definition) is 3. The lowest BCUT2D eigenvalue weighted by molar-refractivity contribution is -0.135. The normalized spacial score (nSPS) is 27.7. The molecule has 72 valence electrons. The van der Waals surface area contributed by atoms with Gasteiger partial charge in [0.1, 0.15) is 5.00 Å². The molecule has 0 saturated heterocycles. The average Bonchev–Trinajstić information content (AvgIpc) is 2.01. The van der Waals surface area contributed by atoms with Gasteiger partial charge >= 0.3 is 5.97 Å². The highest BCUT2D eigenvalue weighted by molar-refractivity contribution is 6.25. The van der Waals surface area contributed by atoms with Gasteiger partial charge in [-0.15, -0.1) is 0 Å². The Bertz CT molecular complexity index is 292. The molecule has 0 aliphatic heterocycles. The van der Waals surface area contributed by atoms with Gasteiger partial charge in [0.25, 0.3) is 0 Å². The van der Waals surface area contributed by atoms with Gasteiger partial charge in [0.05, 0.1) is 12.7 Å². The van der Waals surface area contributed by atoms with E-state index in [0.29, 0.717) is 12.0 Å². The Balaban J connectivity index is 2.91. The van der Waals surface area contributed by atoms with Crippen LogP contribution in [-0.2, 0) is 9.53 Å². The number of esters is 1. The monoisotopic (exact) mass is 201 g/mol. The van der Waals surface area contributed by atoms with Crippen LogP contribution in [0.1, 0.15) is 13.3 Å². The van der Waals surface area contributed by atoms with E-state index in [9.17, 15) is 4.79 Å². The molecule has 2 N–H and O–H groups in total. The summed E-state index contributed by atoms with van der Waals surface area (Å²) in [5.74, 6) is -0.346. The SMILES string of the molecule is COC(=O)C1=C(C)CC(N)(Cl)C=C1. The summed E-state index contributed by atoms with van der Waals surface area (Å²) in [5.41, 5.74) is 7.06. The highest BCUT2D eigenvalue weighted by atomic mass is 35.5. The van der Waals surface area contributed by atoms with Crippen LogP contribution in [0, 0.1) is 0 Å². The third-order valence-electron chi connectivity index (χ3n) is 1.93. The van der Waals surface area contributed by atoms with Crippen molar-refractivity contribution in [3.05, 3.63) is 23.3 Å². The molecular formula is C9H12ClNO2. The van der Waals surface area contributed by atoms with Crippen molar-refractivity contribution in [1.82, 2.24) is 0 Å². The molecule has 0 fully saturated rings. The van der Waals surface area contributed by atoms with Crippen molar-refractivity contribution in [1.29, 1.82) is 0 Å². The van der Waals surface area contributed by atoms with Gasteiger partial charge in [0, 0.05) is 6.42 Å². The van der Waals surface area contributed by atoms with Crippen molar-refractivity contribution in [3.8, 4) is 0 Å². The molecule has 0 aromatic carbocycles. The number of carbonyl (C=O) groups excluding carboxylic acids is 1. The van der Waals surface area contributed by atoms with Crippen LogP contribution in [0.25, 0.3) is 0 Å². The van der Waals surface area contributed by atoms with Crippen molar-refractivity contribution >= 4 is 17.6 Å². The van der Waals surface area contributed by atoms with Crippen molar-refractivity contribution in [2.45, 2.75) is 18.3 Å². The second-order valence-corrected chi connectivity index (χ2v) is 3.83. The van der Waals surface area contributed by atoms with E-state index in [-0.39, 0.29) is 5.97 Å². The van der Waals surface area contributed by atoms with Crippen molar-refractivity contribution in [2.24, 2.45) is 5.73 Å². The zero-order valence-corrected chi connectivity index (χ0v) is 8.39. The Kier molecular flexibility index (Phi) is 2.78. The van der Waals surface area contributed by atoms with E-state index < -0.39 is 5.00 Å². The van der Waals surface area contributed by atoms with Crippen molar-refractivity contribution in [2.75, 3.05) is 7.11 Å². The summed E-state index contributed by atoms with van der Waals surface area (Å²) in [6, 6.07) is 0. The minimum Gasteiger partial charge on any atom is -0.465 e. The van der Waals surface area contributed by atoms with E-state index >= 15 is 0 Å². The van der Waals surface area contributed by atoms with Crippen molar-refractivity contribution in [3.63, 3.8) is 0 Å². The average molecular weight is 202 g/mol. The minimum absolute atomic E-state index is 0.346. The first-order valence-corrected chi connectivity index (χ1v) is 4.29. The highest BCUT2D eigenvalue weighted by Crippen LogP contribution is 2.28. The maximum absolute atomic E-state index is 11.2. The Labute approximate surface area is 82.2 Å². The Morgan fingerprint density at radius 3 is 2.85 bits per heavy atom. The summed E-state index contributed by atoms with van der Waals surface area (Å²) in [5, 5.41) is 0. The van der Waals surface area contributed by atoms with Gasteiger partial charge < -0.3 is 10.5 Å². The van der Waals surface area contributed by atoms with Crippen LogP contribution in [-0.4, -0.2) is 18.1 Å². The molecule has 13 heavy (non-hydrogen) atoms. The lowest BCUT2D eigenvalue weighted by atomic mass is 9.95. The van der Waals surface area contributed by atoms with Gasteiger partial charge in [-0.25, -0.2) is 4.79 Å².